The Morgan fingerprint density at radius 3 is 2.88 bits per heavy atom. The summed E-state index contributed by atoms with van der Waals surface area (Å²) in [6.45, 7) is 5.23. The van der Waals surface area contributed by atoms with Crippen molar-refractivity contribution in [2.24, 2.45) is 13.0 Å². The lowest BCUT2D eigenvalue weighted by atomic mass is 10.1. The van der Waals surface area contributed by atoms with Crippen molar-refractivity contribution in [3.05, 3.63) is 23.0 Å². The van der Waals surface area contributed by atoms with Gasteiger partial charge in [0.05, 0.1) is 0 Å². The molecule has 0 spiro atoms. The molecule has 0 amide bonds. The second kappa shape index (κ2) is 4.91. The molecule has 1 aromatic rings. The molecule has 1 saturated heterocycles. The Bertz CT molecular complexity index is 444. The largest absolute Gasteiger partial charge is 0.396 e. The van der Waals surface area contributed by atoms with Gasteiger partial charge < -0.3 is 9.67 Å². The van der Waals surface area contributed by atoms with Crippen LogP contribution in [0, 0.1) is 24.2 Å². The first kappa shape index (κ1) is 12.2. The molecule has 0 aliphatic carbocycles. The highest BCUT2D eigenvalue weighted by atomic mass is 16.3. The van der Waals surface area contributed by atoms with Crippen LogP contribution in [0.2, 0.25) is 0 Å². The van der Waals surface area contributed by atoms with E-state index in [0.717, 1.165) is 37.4 Å². The van der Waals surface area contributed by atoms with E-state index in [1.165, 1.54) is 5.56 Å². The highest BCUT2D eigenvalue weighted by molar-refractivity contribution is 5.34. The van der Waals surface area contributed by atoms with Gasteiger partial charge in [-0.2, -0.15) is 5.26 Å². The molecule has 2 rings (SSSR count). The van der Waals surface area contributed by atoms with Gasteiger partial charge in [-0.15, -0.1) is 0 Å². The van der Waals surface area contributed by atoms with Crippen molar-refractivity contribution in [3.8, 4) is 6.07 Å². The molecule has 1 unspecified atom stereocenters. The number of nitrogens with zero attached hydrogens (tertiary/aromatic N) is 3. The van der Waals surface area contributed by atoms with E-state index in [2.05, 4.69) is 17.9 Å². The zero-order valence-corrected chi connectivity index (χ0v) is 10.5. The zero-order valence-electron chi connectivity index (χ0n) is 10.5. The summed E-state index contributed by atoms with van der Waals surface area (Å²) >= 11 is 0. The van der Waals surface area contributed by atoms with Crippen molar-refractivity contribution in [2.45, 2.75) is 19.9 Å². The lowest BCUT2D eigenvalue weighted by molar-refractivity contribution is 0.220. The molecule has 1 fully saturated rings. The molecule has 1 aliphatic heterocycles. The summed E-state index contributed by atoms with van der Waals surface area (Å²) in [5.74, 6) is 0.425. The fourth-order valence-electron chi connectivity index (χ4n) is 2.48. The van der Waals surface area contributed by atoms with Crippen molar-refractivity contribution in [1.82, 2.24) is 9.47 Å². The molecule has 0 aromatic carbocycles. The third kappa shape index (κ3) is 2.36. The van der Waals surface area contributed by atoms with Crippen molar-refractivity contribution >= 4 is 0 Å². The van der Waals surface area contributed by atoms with Crippen LogP contribution in [0.25, 0.3) is 0 Å². The van der Waals surface area contributed by atoms with Crippen LogP contribution in [0.5, 0.6) is 0 Å². The van der Waals surface area contributed by atoms with E-state index in [1.54, 1.807) is 0 Å². The van der Waals surface area contributed by atoms with E-state index < -0.39 is 0 Å². The van der Waals surface area contributed by atoms with Gasteiger partial charge >= 0.3 is 0 Å². The van der Waals surface area contributed by atoms with Crippen molar-refractivity contribution in [1.29, 1.82) is 5.26 Å². The smallest absolute Gasteiger partial charge is 0.120 e. The van der Waals surface area contributed by atoms with E-state index in [9.17, 15) is 0 Å². The summed E-state index contributed by atoms with van der Waals surface area (Å²) < 4.78 is 1.94. The van der Waals surface area contributed by atoms with Gasteiger partial charge in [0.15, 0.2) is 0 Å². The molecule has 1 N–H and O–H groups in total. The summed E-state index contributed by atoms with van der Waals surface area (Å²) in [6.07, 6.45) is 1.08. The first-order valence-corrected chi connectivity index (χ1v) is 6.04. The zero-order chi connectivity index (χ0) is 12.4. The van der Waals surface area contributed by atoms with Gasteiger partial charge in [0.2, 0.25) is 0 Å². The number of aromatic nitrogens is 1. The summed E-state index contributed by atoms with van der Waals surface area (Å²) in [7, 11) is 1.93. The maximum atomic E-state index is 9.12. The fourth-order valence-corrected chi connectivity index (χ4v) is 2.48. The van der Waals surface area contributed by atoms with Crippen LogP contribution in [0.3, 0.4) is 0 Å². The van der Waals surface area contributed by atoms with Gasteiger partial charge in [-0.05, 0) is 37.4 Å². The summed E-state index contributed by atoms with van der Waals surface area (Å²) in [5.41, 5.74) is 3.10. The standard InChI is InChI=1S/C13H19N3O/c1-10-12(5-13(6-14)15(10)2)8-16-4-3-11(7-16)9-17/h5,11,17H,3-4,7-9H2,1-2H3. The van der Waals surface area contributed by atoms with E-state index in [4.69, 9.17) is 10.4 Å². The third-order valence-electron chi connectivity index (χ3n) is 3.78. The van der Waals surface area contributed by atoms with Crippen LogP contribution in [0.1, 0.15) is 23.4 Å². The molecule has 0 radical (unpaired) electrons. The minimum atomic E-state index is 0.285. The minimum absolute atomic E-state index is 0.285. The number of hydrogen-bond donors (Lipinski definition) is 1. The van der Waals surface area contributed by atoms with Gasteiger partial charge in [0.25, 0.3) is 0 Å². The van der Waals surface area contributed by atoms with E-state index in [-0.39, 0.29) is 6.61 Å². The van der Waals surface area contributed by atoms with E-state index in [1.807, 2.05) is 17.7 Å². The molecule has 17 heavy (non-hydrogen) atoms. The summed E-state index contributed by atoms with van der Waals surface area (Å²) in [5, 5.41) is 18.1. The number of nitriles is 1. The van der Waals surface area contributed by atoms with Crippen LogP contribution in [0.4, 0.5) is 0 Å². The average molecular weight is 233 g/mol. The van der Waals surface area contributed by atoms with Crippen LogP contribution < -0.4 is 0 Å². The highest BCUT2D eigenvalue weighted by Gasteiger charge is 2.22. The second-order valence-corrected chi connectivity index (χ2v) is 4.88. The quantitative estimate of drug-likeness (QED) is 0.848. The molecule has 1 aliphatic rings. The predicted molar refractivity (Wildman–Crippen MR) is 65.3 cm³/mol. The first-order valence-electron chi connectivity index (χ1n) is 6.04. The Kier molecular flexibility index (Phi) is 3.51. The van der Waals surface area contributed by atoms with Crippen LogP contribution in [0.15, 0.2) is 6.07 Å². The number of rotatable bonds is 3. The summed E-state index contributed by atoms with van der Waals surface area (Å²) in [6, 6.07) is 4.18. The molecule has 1 atom stereocenters. The highest BCUT2D eigenvalue weighted by Crippen LogP contribution is 2.21. The van der Waals surface area contributed by atoms with Crippen LogP contribution in [-0.4, -0.2) is 34.3 Å². The number of aliphatic hydroxyl groups is 1. The van der Waals surface area contributed by atoms with E-state index >= 15 is 0 Å². The fraction of sp³-hybridized carbons (Fsp3) is 0.615. The molecular weight excluding hydrogens is 214 g/mol. The second-order valence-electron chi connectivity index (χ2n) is 4.88. The van der Waals surface area contributed by atoms with Gasteiger partial charge in [-0.1, -0.05) is 0 Å². The molecule has 4 nitrogen and oxygen atoms in total. The Labute approximate surface area is 102 Å². The maximum absolute atomic E-state index is 9.12. The Morgan fingerprint density at radius 2 is 2.35 bits per heavy atom. The Balaban J connectivity index is 2.07. The van der Waals surface area contributed by atoms with Crippen molar-refractivity contribution in [2.75, 3.05) is 19.7 Å². The minimum Gasteiger partial charge on any atom is -0.396 e. The predicted octanol–water partition coefficient (Wildman–Crippen LogP) is 1.02. The Morgan fingerprint density at radius 1 is 1.59 bits per heavy atom. The molecule has 0 saturated carbocycles. The van der Waals surface area contributed by atoms with Gasteiger partial charge in [-0.3, -0.25) is 4.90 Å². The average Bonchev–Trinajstić information content (AvgIpc) is 2.89. The normalized spacial score (nSPS) is 20.7. The summed E-state index contributed by atoms with van der Waals surface area (Å²) in [4.78, 5) is 2.35. The molecule has 92 valence electrons. The molecule has 1 aromatic heterocycles. The third-order valence-corrected chi connectivity index (χ3v) is 3.78. The SMILES string of the molecule is Cc1c(CN2CCC(CO)C2)cc(C#N)n1C. The van der Waals surface area contributed by atoms with Gasteiger partial charge in [0.1, 0.15) is 11.8 Å². The first-order chi connectivity index (χ1) is 8.15. The number of likely N-dealkylation sites (tertiary alicyclic amines) is 1. The lowest BCUT2D eigenvalue weighted by Gasteiger charge is -2.15. The Hall–Kier alpha value is -1.31. The van der Waals surface area contributed by atoms with Crippen molar-refractivity contribution < 1.29 is 5.11 Å². The molecule has 2 heterocycles. The van der Waals surface area contributed by atoms with Gasteiger partial charge in [-0.25, -0.2) is 0 Å². The maximum Gasteiger partial charge on any atom is 0.120 e. The number of hydrogen-bond acceptors (Lipinski definition) is 3. The topological polar surface area (TPSA) is 52.2 Å². The van der Waals surface area contributed by atoms with Crippen LogP contribution >= 0.6 is 0 Å². The van der Waals surface area contributed by atoms with E-state index in [0.29, 0.717) is 5.92 Å². The van der Waals surface area contributed by atoms with Crippen LogP contribution in [-0.2, 0) is 13.6 Å². The molecule has 4 heteroatoms. The molecular formula is C13H19N3O. The lowest BCUT2D eigenvalue weighted by Crippen LogP contribution is -2.21. The van der Waals surface area contributed by atoms with Crippen molar-refractivity contribution in [3.63, 3.8) is 0 Å². The van der Waals surface area contributed by atoms with Gasteiger partial charge in [0, 0.05) is 32.4 Å². The molecule has 0 bridgehead atoms. The number of aliphatic hydroxyl groups excluding tert-OH is 1. The monoisotopic (exact) mass is 233 g/mol.